The number of ether oxygens (including phenoxy) is 1. The van der Waals surface area contributed by atoms with Gasteiger partial charge in [0.1, 0.15) is 0 Å². The van der Waals surface area contributed by atoms with Gasteiger partial charge in [0.15, 0.2) is 0 Å². The molecule has 0 aliphatic heterocycles. The maximum Gasteiger partial charge on any atom is 0.224 e. The number of nitrogens with zero attached hydrogens (tertiary/aromatic N) is 3. The molecule has 4 heteroatoms. The molecule has 0 saturated carbocycles. The predicted octanol–water partition coefficient (Wildman–Crippen LogP) is 2.43. The molecule has 4 nitrogen and oxygen atoms in total. The first-order chi connectivity index (χ1) is 8.40. The minimum atomic E-state index is 0.602. The lowest BCUT2D eigenvalue weighted by Crippen LogP contribution is -1.95. The smallest absolute Gasteiger partial charge is 0.224 e. The van der Waals surface area contributed by atoms with Crippen LogP contribution in [0.15, 0.2) is 48.8 Å². The van der Waals surface area contributed by atoms with Crippen LogP contribution in [0.1, 0.15) is 0 Å². The van der Waals surface area contributed by atoms with Crippen molar-refractivity contribution in [3.8, 4) is 11.6 Å². The van der Waals surface area contributed by atoms with Crippen molar-refractivity contribution in [1.29, 1.82) is 0 Å². The molecule has 84 valence electrons. The largest absolute Gasteiger partial charge is 0.480 e. The zero-order valence-corrected chi connectivity index (χ0v) is 9.37. The lowest BCUT2D eigenvalue weighted by Gasteiger charge is -2.03. The first kappa shape index (κ1) is 9.84. The summed E-state index contributed by atoms with van der Waals surface area (Å²) in [5, 5.41) is 5.29. The highest BCUT2D eigenvalue weighted by molar-refractivity contribution is 5.84. The van der Waals surface area contributed by atoms with E-state index in [1.54, 1.807) is 19.5 Å². The highest BCUT2D eigenvalue weighted by atomic mass is 16.5. The van der Waals surface area contributed by atoms with Gasteiger partial charge in [-0.05, 0) is 18.2 Å². The van der Waals surface area contributed by atoms with Gasteiger partial charge in [-0.3, -0.25) is 0 Å². The molecule has 0 amide bonds. The Balaban J connectivity index is 2.26. The standard InChI is InChI=1S/C13H11N3O/c1-17-13-11-9-15-16(12(11)7-8-14-13)10-5-3-2-4-6-10/h2-9H,1H3. The Morgan fingerprint density at radius 1 is 1.12 bits per heavy atom. The van der Waals surface area contributed by atoms with Crippen molar-refractivity contribution in [2.24, 2.45) is 0 Å². The molecule has 3 aromatic rings. The maximum atomic E-state index is 5.21. The molecule has 0 aliphatic rings. The van der Waals surface area contributed by atoms with E-state index < -0.39 is 0 Å². The zero-order chi connectivity index (χ0) is 11.7. The molecule has 3 rings (SSSR count). The molecule has 2 heterocycles. The number of methoxy groups -OCH3 is 1. The Hall–Kier alpha value is -2.36. The number of para-hydroxylation sites is 1. The highest BCUT2D eigenvalue weighted by Gasteiger charge is 2.08. The van der Waals surface area contributed by atoms with Crippen molar-refractivity contribution >= 4 is 10.9 Å². The summed E-state index contributed by atoms with van der Waals surface area (Å²) in [4.78, 5) is 4.16. The second-order valence-electron chi connectivity index (χ2n) is 3.64. The van der Waals surface area contributed by atoms with Gasteiger partial charge in [-0.25, -0.2) is 9.67 Å². The Kier molecular flexibility index (Phi) is 2.26. The fourth-order valence-electron chi connectivity index (χ4n) is 1.87. The lowest BCUT2D eigenvalue weighted by molar-refractivity contribution is 0.403. The fourth-order valence-corrected chi connectivity index (χ4v) is 1.87. The Morgan fingerprint density at radius 2 is 1.94 bits per heavy atom. The highest BCUT2D eigenvalue weighted by Crippen LogP contribution is 2.24. The van der Waals surface area contributed by atoms with Crippen LogP contribution in [0.2, 0.25) is 0 Å². The molecule has 1 aromatic carbocycles. The first-order valence-electron chi connectivity index (χ1n) is 5.32. The van der Waals surface area contributed by atoms with Crippen LogP contribution in [0.4, 0.5) is 0 Å². The summed E-state index contributed by atoms with van der Waals surface area (Å²) in [6.45, 7) is 0. The van der Waals surface area contributed by atoms with Crippen molar-refractivity contribution in [1.82, 2.24) is 14.8 Å². The normalized spacial score (nSPS) is 10.6. The van der Waals surface area contributed by atoms with Crippen LogP contribution >= 0.6 is 0 Å². The van der Waals surface area contributed by atoms with Gasteiger partial charge in [0.2, 0.25) is 5.88 Å². The van der Waals surface area contributed by atoms with Crippen molar-refractivity contribution in [2.75, 3.05) is 7.11 Å². The van der Waals surface area contributed by atoms with Gasteiger partial charge in [-0.15, -0.1) is 0 Å². The summed E-state index contributed by atoms with van der Waals surface area (Å²) in [6, 6.07) is 11.9. The quantitative estimate of drug-likeness (QED) is 0.672. The van der Waals surface area contributed by atoms with Crippen molar-refractivity contribution in [3.63, 3.8) is 0 Å². The Morgan fingerprint density at radius 3 is 2.71 bits per heavy atom. The van der Waals surface area contributed by atoms with Crippen LogP contribution in [0.3, 0.4) is 0 Å². The van der Waals surface area contributed by atoms with Gasteiger partial charge in [0.05, 0.1) is 29.9 Å². The molecule has 0 saturated heterocycles. The van der Waals surface area contributed by atoms with Crippen LogP contribution in [-0.4, -0.2) is 21.9 Å². The summed E-state index contributed by atoms with van der Waals surface area (Å²) in [6.07, 6.45) is 3.50. The monoisotopic (exact) mass is 225 g/mol. The summed E-state index contributed by atoms with van der Waals surface area (Å²) in [7, 11) is 1.61. The molecule has 0 aliphatic carbocycles. The van der Waals surface area contributed by atoms with Crippen molar-refractivity contribution in [2.45, 2.75) is 0 Å². The number of pyridine rings is 1. The van der Waals surface area contributed by atoms with Crippen LogP contribution in [-0.2, 0) is 0 Å². The van der Waals surface area contributed by atoms with E-state index in [4.69, 9.17) is 4.74 Å². The average molecular weight is 225 g/mol. The molecule has 17 heavy (non-hydrogen) atoms. The number of hydrogen-bond acceptors (Lipinski definition) is 3. The average Bonchev–Trinajstić information content (AvgIpc) is 2.83. The number of benzene rings is 1. The minimum absolute atomic E-state index is 0.602. The molecule has 0 fully saturated rings. The third-order valence-electron chi connectivity index (χ3n) is 2.66. The molecular weight excluding hydrogens is 214 g/mol. The molecular formula is C13H11N3O. The molecule has 0 N–H and O–H groups in total. The molecule has 0 radical (unpaired) electrons. The van der Waals surface area contributed by atoms with Crippen molar-refractivity contribution < 1.29 is 4.74 Å². The second-order valence-corrected chi connectivity index (χ2v) is 3.64. The summed E-state index contributed by atoms with van der Waals surface area (Å²) in [5.74, 6) is 0.602. The number of fused-ring (bicyclic) bond motifs is 1. The van der Waals surface area contributed by atoms with Gasteiger partial charge in [-0.1, -0.05) is 18.2 Å². The predicted molar refractivity (Wildman–Crippen MR) is 65.4 cm³/mol. The van der Waals surface area contributed by atoms with Gasteiger partial charge in [0.25, 0.3) is 0 Å². The number of hydrogen-bond donors (Lipinski definition) is 0. The van der Waals surface area contributed by atoms with Crippen LogP contribution in [0, 0.1) is 0 Å². The molecule has 0 spiro atoms. The molecule has 0 atom stereocenters. The molecule has 2 aromatic heterocycles. The van der Waals surface area contributed by atoms with E-state index in [1.165, 1.54) is 0 Å². The van der Waals surface area contributed by atoms with Gasteiger partial charge >= 0.3 is 0 Å². The van der Waals surface area contributed by atoms with E-state index in [0.717, 1.165) is 16.6 Å². The number of rotatable bonds is 2. The maximum absolute atomic E-state index is 5.21. The summed E-state index contributed by atoms with van der Waals surface area (Å²) >= 11 is 0. The summed E-state index contributed by atoms with van der Waals surface area (Å²) < 4.78 is 7.09. The van der Waals surface area contributed by atoms with E-state index in [-0.39, 0.29) is 0 Å². The van der Waals surface area contributed by atoms with Crippen molar-refractivity contribution in [3.05, 3.63) is 48.8 Å². The van der Waals surface area contributed by atoms with E-state index in [0.29, 0.717) is 5.88 Å². The van der Waals surface area contributed by atoms with Gasteiger partial charge < -0.3 is 4.74 Å². The SMILES string of the molecule is COc1nccc2c1cnn2-c1ccccc1. The second kappa shape index (κ2) is 3.90. The van der Waals surface area contributed by atoms with Crippen LogP contribution < -0.4 is 4.74 Å². The van der Waals surface area contributed by atoms with Crippen LogP contribution in [0.5, 0.6) is 5.88 Å². The Bertz CT molecular complexity index is 646. The van der Waals surface area contributed by atoms with Crippen LogP contribution in [0.25, 0.3) is 16.6 Å². The molecule has 0 bridgehead atoms. The summed E-state index contributed by atoms with van der Waals surface area (Å²) in [5.41, 5.74) is 2.01. The lowest BCUT2D eigenvalue weighted by atomic mass is 10.3. The third kappa shape index (κ3) is 1.54. The van der Waals surface area contributed by atoms with E-state index in [9.17, 15) is 0 Å². The first-order valence-corrected chi connectivity index (χ1v) is 5.32. The minimum Gasteiger partial charge on any atom is -0.480 e. The zero-order valence-electron chi connectivity index (χ0n) is 9.37. The third-order valence-corrected chi connectivity index (χ3v) is 2.66. The van der Waals surface area contributed by atoms with E-state index >= 15 is 0 Å². The van der Waals surface area contributed by atoms with E-state index in [2.05, 4.69) is 10.1 Å². The topological polar surface area (TPSA) is 39.9 Å². The number of aromatic nitrogens is 3. The van der Waals surface area contributed by atoms with Gasteiger partial charge in [-0.2, -0.15) is 5.10 Å². The fraction of sp³-hybridized carbons (Fsp3) is 0.0769. The molecule has 0 unspecified atom stereocenters. The van der Waals surface area contributed by atoms with Gasteiger partial charge in [0, 0.05) is 6.20 Å². The van der Waals surface area contributed by atoms with E-state index in [1.807, 2.05) is 41.1 Å². The Labute approximate surface area is 98.5 Å².